The molecule has 3 heteroatoms. The third-order valence-electron chi connectivity index (χ3n) is 4.17. The Hall–Kier alpha value is -2.16. The van der Waals surface area contributed by atoms with Gasteiger partial charge >= 0.3 is 0 Å². The molecule has 0 aromatic heterocycles. The molecule has 1 saturated carbocycles. The summed E-state index contributed by atoms with van der Waals surface area (Å²) >= 11 is 0. The maximum absolute atomic E-state index is 13.0. The molecule has 0 aliphatic heterocycles. The summed E-state index contributed by atoms with van der Waals surface area (Å²) in [6.45, 7) is 0. The van der Waals surface area contributed by atoms with Crippen molar-refractivity contribution in [2.24, 2.45) is 0 Å². The van der Waals surface area contributed by atoms with Gasteiger partial charge in [0.2, 0.25) is 0 Å². The summed E-state index contributed by atoms with van der Waals surface area (Å²) in [5.41, 5.74) is 1.79. The molecular weight excluding hydrogens is 265 g/mol. The van der Waals surface area contributed by atoms with E-state index in [0.29, 0.717) is 5.56 Å². The zero-order chi connectivity index (χ0) is 14.7. The van der Waals surface area contributed by atoms with E-state index >= 15 is 0 Å². The van der Waals surface area contributed by atoms with Gasteiger partial charge in [-0.2, -0.15) is 0 Å². The van der Waals surface area contributed by atoms with Crippen LogP contribution in [0.2, 0.25) is 0 Å². The molecule has 2 nitrogen and oxygen atoms in total. The van der Waals surface area contributed by atoms with Gasteiger partial charge in [-0.3, -0.25) is 4.79 Å². The zero-order valence-corrected chi connectivity index (χ0v) is 11.8. The molecule has 0 heterocycles. The number of carbonyl (C=O) groups excluding carboxylic acids is 1. The van der Waals surface area contributed by atoms with Crippen LogP contribution in [0.3, 0.4) is 0 Å². The highest BCUT2D eigenvalue weighted by molar-refractivity contribution is 5.94. The molecule has 108 valence electrons. The van der Waals surface area contributed by atoms with Gasteiger partial charge in [0.05, 0.1) is 0 Å². The number of hydrogen-bond acceptors (Lipinski definition) is 1. The van der Waals surface area contributed by atoms with E-state index < -0.39 is 0 Å². The molecule has 1 aliphatic carbocycles. The fourth-order valence-corrected chi connectivity index (χ4v) is 3.08. The maximum Gasteiger partial charge on any atom is 0.251 e. The quantitative estimate of drug-likeness (QED) is 0.909. The van der Waals surface area contributed by atoms with E-state index in [2.05, 4.69) is 5.32 Å². The molecule has 0 bridgehead atoms. The first-order valence-corrected chi connectivity index (χ1v) is 7.35. The molecule has 2 atom stereocenters. The van der Waals surface area contributed by atoms with Crippen LogP contribution < -0.4 is 5.32 Å². The van der Waals surface area contributed by atoms with Crippen LogP contribution in [0.25, 0.3) is 0 Å². The minimum absolute atomic E-state index is 0.0328. The van der Waals surface area contributed by atoms with Gasteiger partial charge in [-0.25, -0.2) is 4.39 Å². The van der Waals surface area contributed by atoms with Crippen molar-refractivity contribution in [3.05, 3.63) is 71.5 Å². The lowest BCUT2D eigenvalue weighted by atomic mass is 9.94. The Morgan fingerprint density at radius 1 is 1.00 bits per heavy atom. The molecule has 2 aromatic carbocycles. The number of hydrogen-bond donors (Lipinski definition) is 1. The minimum atomic E-state index is -0.221. The van der Waals surface area contributed by atoms with Gasteiger partial charge < -0.3 is 5.32 Å². The molecule has 1 fully saturated rings. The monoisotopic (exact) mass is 283 g/mol. The van der Waals surface area contributed by atoms with Crippen LogP contribution in [0.1, 0.15) is 41.1 Å². The van der Waals surface area contributed by atoms with Gasteiger partial charge in [0.1, 0.15) is 5.82 Å². The molecular formula is C18H18FNO. The van der Waals surface area contributed by atoms with Crippen molar-refractivity contribution in [1.82, 2.24) is 5.32 Å². The summed E-state index contributed by atoms with van der Waals surface area (Å²) in [5, 5.41) is 3.13. The molecule has 0 spiro atoms. The Balaban J connectivity index is 1.72. The Kier molecular flexibility index (Phi) is 4.00. The Morgan fingerprint density at radius 2 is 1.71 bits per heavy atom. The van der Waals surface area contributed by atoms with Crippen molar-refractivity contribution in [1.29, 1.82) is 0 Å². The maximum atomic E-state index is 13.0. The van der Waals surface area contributed by atoms with Gasteiger partial charge in [0.15, 0.2) is 0 Å². The number of halogens is 1. The smallest absolute Gasteiger partial charge is 0.251 e. The van der Waals surface area contributed by atoms with Crippen LogP contribution in [0.4, 0.5) is 4.39 Å². The molecule has 21 heavy (non-hydrogen) atoms. The van der Waals surface area contributed by atoms with Crippen molar-refractivity contribution in [2.45, 2.75) is 31.2 Å². The van der Waals surface area contributed by atoms with Crippen LogP contribution in [0.5, 0.6) is 0 Å². The highest BCUT2D eigenvalue weighted by Gasteiger charge is 2.29. The number of benzene rings is 2. The molecule has 1 aliphatic rings. The topological polar surface area (TPSA) is 29.1 Å². The van der Waals surface area contributed by atoms with Gasteiger partial charge in [-0.05, 0) is 42.7 Å². The van der Waals surface area contributed by atoms with Gasteiger partial charge in [0.25, 0.3) is 5.91 Å². The lowest BCUT2D eigenvalue weighted by molar-refractivity contribution is 0.0934. The van der Waals surface area contributed by atoms with Crippen LogP contribution in [-0.2, 0) is 0 Å². The largest absolute Gasteiger partial charge is 0.349 e. The van der Waals surface area contributed by atoms with Crippen molar-refractivity contribution in [3.63, 3.8) is 0 Å². The average molecular weight is 283 g/mol. The van der Waals surface area contributed by atoms with E-state index in [4.69, 9.17) is 0 Å². The molecule has 0 unspecified atom stereocenters. The van der Waals surface area contributed by atoms with E-state index in [1.165, 1.54) is 12.1 Å². The van der Waals surface area contributed by atoms with E-state index in [0.717, 1.165) is 24.8 Å². The molecule has 1 N–H and O–H groups in total. The normalized spacial score (nSPS) is 21.2. The standard InChI is InChI=1S/C18H18FNO/c19-15-11-9-13(10-12-15)16-7-4-8-17(16)20-18(21)14-5-2-1-3-6-14/h1-3,5-6,9-12,16-17H,4,7-8H2,(H,20,21)/t16-,17+/m0/s1. The Labute approximate surface area is 124 Å². The second-order valence-electron chi connectivity index (χ2n) is 5.53. The number of nitrogens with one attached hydrogen (secondary N) is 1. The lowest BCUT2D eigenvalue weighted by Crippen LogP contribution is -2.36. The van der Waals surface area contributed by atoms with E-state index in [1.807, 2.05) is 42.5 Å². The lowest BCUT2D eigenvalue weighted by Gasteiger charge is -2.21. The number of rotatable bonds is 3. The average Bonchev–Trinajstić information content (AvgIpc) is 2.97. The van der Waals surface area contributed by atoms with Gasteiger partial charge in [-0.15, -0.1) is 0 Å². The summed E-state index contributed by atoms with van der Waals surface area (Å²) in [6.07, 6.45) is 3.09. The van der Waals surface area contributed by atoms with Crippen LogP contribution >= 0.6 is 0 Å². The van der Waals surface area contributed by atoms with Crippen LogP contribution in [0.15, 0.2) is 54.6 Å². The van der Waals surface area contributed by atoms with Crippen molar-refractivity contribution in [2.75, 3.05) is 0 Å². The predicted molar refractivity (Wildman–Crippen MR) is 80.7 cm³/mol. The predicted octanol–water partition coefficient (Wildman–Crippen LogP) is 3.89. The highest BCUT2D eigenvalue weighted by atomic mass is 19.1. The third kappa shape index (κ3) is 3.13. The fraction of sp³-hybridized carbons (Fsp3) is 0.278. The first-order valence-electron chi connectivity index (χ1n) is 7.35. The SMILES string of the molecule is O=C(N[C@@H]1CCC[C@H]1c1ccc(F)cc1)c1ccccc1. The summed E-state index contributed by atoms with van der Waals surface area (Å²) in [7, 11) is 0. The second-order valence-corrected chi connectivity index (χ2v) is 5.53. The van der Waals surface area contributed by atoms with Crippen molar-refractivity contribution < 1.29 is 9.18 Å². The van der Waals surface area contributed by atoms with Crippen LogP contribution in [-0.4, -0.2) is 11.9 Å². The first kappa shape index (κ1) is 13.8. The summed E-state index contributed by atoms with van der Waals surface area (Å²) < 4.78 is 13.0. The van der Waals surface area contributed by atoms with Crippen molar-refractivity contribution in [3.8, 4) is 0 Å². The highest BCUT2D eigenvalue weighted by Crippen LogP contribution is 2.34. The molecule has 1 amide bonds. The number of carbonyl (C=O) groups is 1. The van der Waals surface area contributed by atoms with E-state index in [9.17, 15) is 9.18 Å². The fourth-order valence-electron chi connectivity index (χ4n) is 3.08. The zero-order valence-electron chi connectivity index (χ0n) is 11.8. The molecule has 3 rings (SSSR count). The second kappa shape index (κ2) is 6.08. The molecule has 0 radical (unpaired) electrons. The number of amides is 1. The molecule has 0 saturated heterocycles. The Bertz CT molecular complexity index is 609. The van der Waals surface area contributed by atoms with E-state index in [-0.39, 0.29) is 23.7 Å². The van der Waals surface area contributed by atoms with Gasteiger partial charge in [-0.1, -0.05) is 36.8 Å². The first-order chi connectivity index (χ1) is 10.2. The van der Waals surface area contributed by atoms with E-state index in [1.54, 1.807) is 0 Å². The Morgan fingerprint density at radius 3 is 2.43 bits per heavy atom. The third-order valence-corrected chi connectivity index (χ3v) is 4.17. The summed E-state index contributed by atoms with van der Waals surface area (Å²) in [4.78, 5) is 12.3. The molecule has 2 aromatic rings. The van der Waals surface area contributed by atoms with Crippen LogP contribution in [0, 0.1) is 5.82 Å². The minimum Gasteiger partial charge on any atom is -0.349 e. The summed E-state index contributed by atoms with van der Waals surface area (Å²) in [6, 6.07) is 16.0. The van der Waals surface area contributed by atoms with Gasteiger partial charge in [0, 0.05) is 17.5 Å². The van der Waals surface area contributed by atoms with Crippen molar-refractivity contribution >= 4 is 5.91 Å². The summed E-state index contributed by atoms with van der Waals surface area (Å²) in [5.74, 6) is 0.0227.